The molecule has 0 saturated heterocycles. The average Bonchev–Trinajstić information content (AvgIpc) is 2.72. The highest BCUT2D eigenvalue weighted by Crippen LogP contribution is 2.35. The van der Waals surface area contributed by atoms with E-state index in [0.717, 1.165) is 6.54 Å². The number of aromatic nitrogens is 1. The van der Waals surface area contributed by atoms with E-state index < -0.39 is 0 Å². The van der Waals surface area contributed by atoms with Gasteiger partial charge in [0.2, 0.25) is 10.5 Å². The summed E-state index contributed by atoms with van der Waals surface area (Å²) in [4.78, 5) is 0. The van der Waals surface area contributed by atoms with E-state index in [1.165, 1.54) is 24.6 Å². The van der Waals surface area contributed by atoms with E-state index >= 15 is 0 Å². The Bertz CT molecular complexity index is 633. The molecule has 2 aromatic heterocycles. The third kappa shape index (κ3) is 1.23. The molecule has 3 rings (SSSR count). The maximum atomic E-state index is 2.42. The zero-order valence-electron chi connectivity index (χ0n) is 8.78. The van der Waals surface area contributed by atoms with Crippen LogP contribution in [0.4, 0.5) is 0 Å². The molecule has 3 heteroatoms. The van der Waals surface area contributed by atoms with Crippen LogP contribution in [0.1, 0.15) is 11.9 Å². The minimum atomic E-state index is 1.06. The Balaban J connectivity index is 2.55. The molecule has 2 heterocycles. The molecule has 0 fully saturated rings. The van der Waals surface area contributed by atoms with Crippen molar-refractivity contribution in [1.82, 2.24) is 0 Å². The van der Waals surface area contributed by atoms with Crippen molar-refractivity contribution in [3.05, 3.63) is 29.3 Å². The second kappa shape index (κ2) is 3.29. The Morgan fingerprint density at radius 1 is 1.20 bits per heavy atom. The predicted molar refractivity (Wildman–Crippen MR) is 67.8 cm³/mol. The lowest BCUT2D eigenvalue weighted by Crippen LogP contribution is -2.33. The van der Waals surface area contributed by atoms with Crippen LogP contribution in [0.15, 0.2) is 24.3 Å². The summed E-state index contributed by atoms with van der Waals surface area (Å²) in [5.41, 5.74) is 1.43. The highest BCUT2D eigenvalue weighted by Gasteiger charge is 2.20. The van der Waals surface area contributed by atoms with Crippen LogP contribution in [-0.4, -0.2) is 0 Å². The molecule has 0 bridgehead atoms. The molecule has 0 saturated carbocycles. The number of thiophene rings is 1. The predicted octanol–water partition coefficient (Wildman–Crippen LogP) is 3.73. The maximum Gasteiger partial charge on any atom is 0.242 e. The molecule has 0 atom stereocenters. The number of hydrogen-bond acceptors (Lipinski definition) is 2. The summed E-state index contributed by atoms with van der Waals surface area (Å²) in [5, 5.41) is 2.81. The molecule has 0 radical (unpaired) electrons. The fourth-order valence-corrected chi connectivity index (χ4v) is 4.71. The molecule has 0 N–H and O–H groups in total. The molecule has 0 spiro atoms. The zero-order chi connectivity index (χ0) is 10.4. The molecular formula is C12H12NS2+. The lowest BCUT2D eigenvalue weighted by Gasteiger charge is -1.90. The van der Waals surface area contributed by atoms with Gasteiger partial charge in [0.15, 0.2) is 4.01 Å². The summed E-state index contributed by atoms with van der Waals surface area (Å²) in [5.74, 6) is 0. The van der Waals surface area contributed by atoms with Gasteiger partial charge in [-0.25, -0.2) is 0 Å². The van der Waals surface area contributed by atoms with Gasteiger partial charge in [-0.1, -0.05) is 23.5 Å². The van der Waals surface area contributed by atoms with E-state index in [2.05, 4.69) is 42.7 Å². The van der Waals surface area contributed by atoms with Gasteiger partial charge in [0.25, 0.3) is 0 Å². The lowest BCUT2D eigenvalue weighted by atomic mass is 10.2. The van der Waals surface area contributed by atoms with Crippen molar-refractivity contribution in [2.45, 2.75) is 20.4 Å². The first-order valence-electron chi connectivity index (χ1n) is 5.11. The Morgan fingerprint density at radius 3 is 2.80 bits per heavy atom. The van der Waals surface area contributed by atoms with Crippen molar-refractivity contribution in [3.8, 4) is 0 Å². The van der Waals surface area contributed by atoms with Crippen LogP contribution in [0.25, 0.3) is 19.6 Å². The molecular weight excluding hydrogens is 222 g/mol. The molecule has 0 unspecified atom stereocenters. The normalized spacial score (nSPS) is 11.6. The van der Waals surface area contributed by atoms with Crippen LogP contribution < -0.4 is 4.57 Å². The standard InChI is InChI=1S/C12H12NS2/c1-3-13-8(2)14-12-11(13)9-6-4-5-7-10(9)15-12/h4-7H,3H2,1-2H3/q+1. The Morgan fingerprint density at radius 2 is 2.00 bits per heavy atom. The first-order chi connectivity index (χ1) is 7.31. The Labute approximate surface area is 96.6 Å². The van der Waals surface area contributed by atoms with E-state index in [1.54, 1.807) is 0 Å². The number of aryl methyl sites for hydroxylation is 2. The summed E-state index contributed by atoms with van der Waals surface area (Å²) >= 11 is 3.82. The van der Waals surface area contributed by atoms with Crippen LogP contribution in [-0.2, 0) is 6.54 Å². The van der Waals surface area contributed by atoms with Crippen LogP contribution >= 0.6 is 22.7 Å². The molecule has 1 aromatic carbocycles. The third-order valence-electron chi connectivity index (χ3n) is 2.74. The Kier molecular flexibility index (Phi) is 2.04. The van der Waals surface area contributed by atoms with Gasteiger partial charge in [-0.3, -0.25) is 0 Å². The van der Waals surface area contributed by atoms with E-state index in [1.807, 2.05) is 22.7 Å². The SMILES string of the molecule is CC[n+]1c(C)sc2sc3ccccc3c21. The fraction of sp³-hybridized carbons (Fsp3) is 0.250. The Hall–Kier alpha value is -0.930. The van der Waals surface area contributed by atoms with Gasteiger partial charge in [-0.2, -0.15) is 4.57 Å². The first-order valence-corrected chi connectivity index (χ1v) is 6.75. The number of rotatable bonds is 1. The van der Waals surface area contributed by atoms with Crippen molar-refractivity contribution in [1.29, 1.82) is 0 Å². The molecule has 0 aliphatic carbocycles. The molecule has 0 aliphatic heterocycles. The summed E-state index contributed by atoms with van der Waals surface area (Å²) < 4.78 is 5.27. The second-order valence-electron chi connectivity index (χ2n) is 3.60. The average molecular weight is 234 g/mol. The van der Waals surface area contributed by atoms with Crippen molar-refractivity contribution in [2.24, 2.45) is 0 Å². The monoisotopic (exact) mass is 234 g/mol. The fourth-order valence-electron chi connectivity index (χ4n) is 2.06. The van der Waals surface area contributed by atoms with Gasteiger partial charge in [0, 0.05) is 11.6 Å². The molecule has 76 valence electrons. The van der Waals surface area contributed by atoms with Gasteiger partial charge in [0.05, 0.1) is 5.39 Å². The smallest absolute Gasteiger partial charge is 0.185 e. The largest absolute Gasteiger partial charge is 0.242 e. The van der Waals surface area contributed by atoms with Crippen LogP contribution in [0, 0.1) is 6.92 Å². The number of benzene rings is 1. The molecule has 1 nitrogen and oxygen atoms in total. The second-order valence-corrected chi connectivity index (χ2v) is 6.11. The van der Waals surface area contributed by atoms with Gasteiger partial charge in [0.1, 0.15) is 6.54 Å². The van der Waals surface area contributed by atoms with E-state index in [0.29, 0.717) is 0 Å². The molecule has 0 aliphatic rings. The molecule has 3 aromatic rings. The van der Waals surface area contributed by atoms with Crippen LogP contribution in [0.3, 0.4) is 0 Å². The lowest BCUT2D eigenvalue weighted by molar-refractivity contribution is -0.668. The van der Waals surface area contributed by atoms with Crippen molar-refractivity contribution >= 4 is 42.3 Å². The van der Waals surface area contributed by atoms with Gasteiger partial charge >= 0.3 is 0 Å². The minimum absolute atomic E-state index is 1.06. The number of thiazole rings is 1. The summed E-state index contributed by atoms with van der Waals surface area (Å²) in [7, 11) is 0. The van der Waals surface area contributed by atoms with Gasteiger partial charge in [-0.15, -0.1) is 11.3 Å². The summed E-state index contributed by atoms with van der Waals surface area (Å²) in [6, 6.07) is 8.68. The van der Waals surface area contributed by atoms with Crippen LogP contribution in [0.5, 0.6) is 0 Å². The van der Waals surface area contributed by atoms with E-state index in [-0.39, 0.29) is 0 Å². The van der Waals surface area contributed by atoms with Gasteiger partial charge < -0.3 is 0 Å². The number of hydrogen-bond donors (Lipinski definition) is 0. The van der Waals surface area contributed by atoms with Crippen molar-refractivity contribution < 1.29 is 4.57 Å². The number of nitrogens with zero attached hydrogens (tertiary/aromatic N) is 1. The van der Waals surface area contributed by atoms with E-state index in [9.17, 15) is 0 Å². The van der Waals surface area contributed by atoms with E-state index in [4.69, 9.17) is 0 Å². The summed E-state index contributed by atoms with van der Waals surface area (Å²) in [6.07, 6.45) is 0. The van der Waals surface area contributed by atoms with Crippen molar-refractivity contribution in [3.63, 3.8) is 0 Å². The highest BCUT2D eigenvalue weighted by molar-refractivity contribution is 7.41. The quantitative estimate of drug-likeness (QED) is 0.565. The topological polar surface area (TPSA) is 3.88 Å². The number of fused-ring (bicyclic) bond motifs is 3. The minimum Gasteiger partial charge on any atom is -0.185 e. The zero-order valence-corrected chi connectivity index (χ0v) is 10.4. The first kappa shape index (κ1) is 9.31. The summed E-state index contributed by atoms with van der Waals surface area (Å²) in [6.45, 7) is 5.48. The molecule has 0 amide bonds. The van der Waals surface area contributed by atoms with Gasteiger partial charge in [-0.05, 0) is 19.1 Å². The third-order valence-corrected chi connectivity index (χ3v) is 5.09. The van der Waals surface area contributed by atoms with Crippen molar-refractivity contribution in [2.75, 3.05) is 0 Å². The maximum absolute atomic E-state index is 2.42. The molecule has 15 heavy (non-hydrogen) atoms. The van der Waals surface area contributed by atoms with Crippen LogP contribution in [0.2, 0.25) is 0 Å². The highest BCUT2D eigenvalue weighted by atomic mass is 32.2.